The lowest BCUT2D eigenvalue weighted by Crippen LogP contribution is -2.36. The molecular weight excluding hydrogens is 322 g/mol. The third-order valence-corrected chi connectivity index (χ3v) is 4.71. The van der Waals surface area contributed by atoms with Crippen LogP contribution in [0.1, 0.15) is 38.3 Å². The Kier molecular flexibility index (Phi) is 6.30. The van der Waals surface area contributed by atoms with E-state index in [-0.39, 0.29) is 6.04 Å². The van der Waals surface area contributed by atoms with Crippen LogP contribution in [0.5, 0.6) is 0 Å². The van der Waals surface area contributed by atoms with Crippen LogP contribution in [0.25, 0.3) is 0 Å². The highest BCUT2D eigenvalue weighted by Crippen LogP contribution is 2.23. The maximum absolute atomic E-state index is 12.2. The molecule has 19 heavy (non-hydrogen) atoms. The summed E-state index contributed by atoms with van der Waals surface area (Å²) in [4.78, 5) is 0. The minimum atomic E-state index is -1.18. The van der Waals surface area contributed by atoms with Gasteiger partial charge < -0.3 is 0 Å². The van der Waals surface area contributed by atoms with Crippen LogP contribution in [0.4, 0.5) is 0 Å². The van der Waals surface area contributed by atoms with Crippen molar-refractivity contribution in [2.45, 2.75) is 37.5 Å². The molecule has 2 nitrogen and oxygen atoms in total. The van der Waals surface area contributed by atoms with Crippen LogP contribution in [0, 0.1) is 6.92 Å². The van der Waals surface area contributed by atoms with Gasteiger partial charge in [-0.2, -0.15) is 0 Å². The van der Waals surface area contributed by atoms with E-state index in [1.165, 1.54) is 0 Å². The third-order valence-electron chi connectivity index (χ3n) is 2.68. The summed E-state index contributed by atoms with van der Waals surface area (Å²) in [5.74, 6) is 0. The molecule has 0 amide bonds. The lowest BCUT2D eigenvalue weighted by molar-refractivity contribution is 0.581. The topological polar surface area (TPSA) is 29.1 Å². The summed E-state index contributed by atoms with van der Waals surface area (Å²) in [5.41, 5.74) is 1.13. The summed E-state index contributed by atoms with van der Waals surface area (Å²) in [5, 5.41) is 0. The van der Waals surface area contributed by atoms with Gasteiger partial charge in [-0.3, -0.25) is 0 Å². The van der Waals surface area contributed by atoms with Crippen LogP contribution in [0.15, 0.2) is 41.4 Å². The van der Waals surface area contributed by atoms with E-state index >= 15 is 0 Å². The first-order chi connectivity index (χ1) is 8.84. The molecule has 1 N–H and O–H groups in total. The predicted octanol–water partition coefficient (Wildman–Crippen LogP) is 4.32. The molecular formula is C15H21BrNOS+. The second kappa shape index (κ2) is 7.27. The Morgan fingerprint density at radius 1 is 1.47 bits per heavy atom. The molecule has 1 rings (SSSR count). The van der Waals surface area contributed by atoms with Crippen molar-refractivity contribution in [3.63, 3.8) is 0 Å². The van der Waals surface area contributed by atoms with E-state index < -0.39 is 15.7 Å². The van der Waals surface area contributed by atoms with Crippen molar-refractivity contribution in [3.05, 3.63) is 53.9 Å². The van der Waals surface area contributed by atoms with Gasteiger partial charge in [-0.15, -0.1) is 6.58 Å². The van der Waals surface area contributed by atoms with Crippen molar-refractivity contribution in [1.29, 1.82) is 0 Å². The average molecular weight is 343 g/mol. The normalized spacial score (nSPS) is 14.9. The summed E-state index contributed by atoms with van der Waals surface area (Å²) < 4.78 is 15.9. The van der Waals surface area contributed by atoms with Crippen molar-refractivity contribution in [2.75, 3.05) is 0 Å². The predicted molar refractivity (Wildman–Crippen MR) is 87.0 cm³/mol. The molecule has 2 atom stereocenters. The highest BCUT2D eigenvalue weighted by atomic mass is 79.9. The molecule has 4 heteroatoms. The van der Waals surface area contributed by atoms with Crippen LogP contribution >= 0.6 is 15.9 Å². The Labute approximate surface area is 127 Å². The van der Waals surface area contributed by atoms with E-state index in [0.717, 1.165) is 22.9 Å². The second-order valence-electron chi connectivity index (χ2n) is 5.12. The number of hydrogen-bond donors (Lipinski definition) is 1. The summed E-state index contributed by atoms with van der Waals surface area (Å²) in [6, 6.07) is 8.12. The minimum Gasteiger partial charge on any atom is -0.238 e. The van der Waals surface area contributed by atoms with Crippen LogP contribution in [-0.2, 0) is 11.0 Å². The van der Waals surface area contributed by atoms with Crippen molar-refractivity contribution < 1.29 is 4.21 Å². The first kappa shape index (κ1) is 16.5. The fourth-order valence-corrected chi connectivity index (χ4v) is 2.66. The summed E-state index contributed by atoms with van der Waals surface area (Å²) >= 11 is 3.42. The van der Waals surface area contributed by atoms with Crippen molar-refractivity contribution in [2.24, 2.45) is 0 Å². The largest absolute Gasteiger partial charge is 0.238 e. The van der Waals surface area contributed by atoms with Gasteiger partial charge in [-0.1, -0.05) is 34.1 Å². The standard InChI is InChI=1S/C15H21BrNOS/c1-5-6-7-14(17-19(18)15(2,3)4)12-8-10-13(16)11-9-12/h5,8-11,14,17H,1-2,6-7H2,3-4H3/q+1/t14-,19+/m0/s1. The minimum absolute atomic E-state index is 0.0490. The first-order valence-electron chi connectivity index (χ1n) is 6.24. The zero-order chi connectivity index (χ0) is 14.5. The number of hydrogen-bond acceptors (Lipinski definition) is 1. The number of nitrogens with one attached hydrogen (secondary N) is 1. The van der Waals surface area contributed by atoms with Crippen molar-refractivity contribution in [3.8, 4) is 0 Å². The molecule has 1 aromatic carbocycles. The van der Waals surface area contributed by atoms with Crippen LogP contribution < -0.4 is 4.72 Å². The maximum atomic E-state index is 12.2. The Hall–Kier alpha value is -0.580. The van der Waals surface area contributed by atoms with E-state index in [1.54, 1.807) is 0 Å². The lowest BCUT2D eigenvalue weighted by Gasteiger charge is -2.21. The quantitative estimate of drug-likeness (QED) is 0.580. The number of benzene rings is 1. The second-order valence-corrected chi connectivity index (χ2v) is 7.91. The molecule has 0 fully saturated rings. The molecule has 0 saturated carbocycles. The molecule has 104 valence electrons. The van der Waals surface area contributed by atoms with Gasteiger partial charge in [-0.25, -0.2) is 8.93 Å². The number of halogens is 1. The van der Waals surface area contributed by atoms with Crippen molar-refractivity contribution in [1.82, 2.24) is 4.72 Å². The van der Waals surface area contributed by atoms with Gasteiger partial charge in [0.25, 0.3) is 0 Å². The zero-order valence-corrected chi connectivity index (χ0v) is 13.9. The van der Waals surface area contributed by atoms with Crippen molar-refractivity contribution >= 4 is 26.9 Å². The van der Waals surface area contributed by atoms with Gasteiger partial charge in [0.1, 0.15) is 11.0 Å². The molecule has 0 aliphatic heterocycles. The van der Waals surface area contributed by atoms with E-state index in [9.17, 15) is 4.21 Å². The Morgan fingerprint density at radius 3 is 2.53 bits per heavy atom. The molecule has 0 saturated heterocycles. The smallest absolute Gasteiger partial charge is 0.187 e. The molecule has 0 bridgehead atoms. The lowest BCUT2D eigenvalue weighted by atomic mass is 10.0. The van der Waals surface area contributed by atoms with Crippen LogP contribution in [0.3, 0.4) is 0 Å². The van der Waals surface area contributed by atoms with Gasteiger partial charge >= 0.3 is 0 Å². The number of allylic oxidation sites excluding steroid dienone is 1. The summed E-state index contributed by atoms with van der Waals surface area (Å²) in [6.07, 6.45) is 3.63. The molecule has 0 aliphatic carbocycles. The van der Waals surface area contributed by atoms with E-state index in [2.05, 4.69) is 34.2 Å². The fourth-order valence-electron chi connectivity index (χ4n) is 1.56. The maximum Gasteiger partial charge on any atom is 0.187 e. The van der Waals surface area contributed by atoms with Gasteiger partial charge in [0.05, 0.1) is 6.92 Å². The Morgan fingerprint density at radius 2 is 2.05 bits per heavy atom. The van der Waals surface area contributed by atoms with Gasteiger partial charge in [0.15, 0.2) is 4.75 Å². The average Bonchev–Trinajstić information content (AvgIpc) is 2.34. The highest BCUT2D eigenvalue weighted by Gasteiger charge is 2.29. The highest BCUT2D eigenvalue weighted by molar-refractivity contribution is 9.10. The van der Waals surface area contributed by atoms with Gasteiger partial charge in [0.2, 0.25) is 0 Å². The molecule has 0 aliphatic rings. The molecule has 0 radical (unpaired) electrons. The Bertz CT molecular complexity index is 436. The van der Waals surface area contributed by atoms with Crippen LogP contribution in [-0.4, -0.2) is 8.96 Å². The molecule has 1 aromatic rings. The SMILES string of the molecule is C=CCC[C@H](N[S@](=O)C([CH2+])(C)C)c1ccc(Br)cc1. The number of rotatable bonds is 7. The monoisotopic (exact) mass is 342 g/mol. The Balaban J connectivity index is 2.85. The molecule has 0 aromatic heterocycles. The molecule has 0 heterocycles. The van der Waals surface area contributed by atoms with Crippen LogP contribution in [0.2, 0.25) is 0 Å². The fraction of sp³-hybridized carbons (Fsp3) is 0.400. The molecule has 0 unspecified atom stereocenters. The van der Waals surface area contributed by atoms with Gasteiger partial charge in [-0.05, 0) is 44.4 Å². The third kappa shape index (κ3) is 5.51. The summed E-state index contributed by atoms with van der Waals surface area (Å²) in [6.45, 7) is 11.4. The van der Waals surface area contributed by atoms with Gasteiger partial charge in [0, 0.05) is 10.5 Å². The summed E-state index contributed by atoms with van der Waals surface area (Å²) in [7, 11) is -1.18. The zero-order valence-electron chi connectivity index (χ0n) is 11.5. The van der Waals surface area contributed by atoms with E-state index in [1.807, 2.05) is 44.2 Å². The first-order valence-corrected chi connectivity index (χ1v) is 8.18. The van der Waals surface area contributed by atoms with E-state index in [0.29, 0.717) is 0 Å². The van der Waals surface area contributed by atoms with E-state index in [4.69, 9.17) is 0 Å². The molecule has 0 spiro atoms.